The van der Waals surface area contributed by atoms with E-state index >= 15 is 0 Å². The van der Waals surface area contributed by atoms with Crippen LogP contribution in [0.5, 0.6) is 5.88 Å². The van der Waals surface area contributed by atoms with Gasteiger partial charge in [0.15, 0.2) is 5.78 Å². The van der Waals surface area contributed by atoms with Gasteiger partial charge in [0, 0.05) is 44.7 Å². The molecule has 4 atom stereocenters. The number of ketones is 1. The summed E-state index contributed by atoms with van der Waals surface area (Å²) in [6, 6.07) is 1.22. The predicted octanol–water partition coefficient (Wildman–Crippen LogP) is 0.182. The Morgan fingerprint density at radius 2 is 2.11 bits per heavy atom. The monoisotopic (exact) mass is 505 g/mol. The third kappa shape index (κ3) is 5.19. The van der Waals surface area contributed by atoms with E-state index in [4.69, 9.17) is 9.47 Å². The number of anilines is 1. The zero-order chi connectivity index (χ0) is 24.6. The van der Waals surface area contributed by atoms with Crippen LogP contribution in [0.15, 0.2) is 24.9 Å². The summed E-state index contributed by atoms with van der Waals surface area (Å²) in [6.45, 7) is 6.91. The summed E-state index contributed by atoms with van der Waals surface area (Å²) in [5, 5.41) is 2.68. The van der Waals surface area contributed by atoms with Gasteiger partial charge in [-0.3, -0.25) is 14.3 Å². The van der Waals surface area contributed by atoms with Crippen LogP contribution in [0.4, 0.5) is 5.95 Å². The number of hydrogen-bond acceptors (Lipinski definition) is 10. The van der Waals surface area contributed by atoms with Crippen molar-refractivity contribution in [3.05, 3.63) is 24.9 Å². The van der Waals surface area contributed by atoms with Gasteiger partial charge in [-0.05, 0) is 25.2 Å². The van der Waals surface area contributed by atoms with Crippen molar-refractivity contribution in [2.24, 2.45) is 11.3 Å². The van der Waals surface area contributed by atoms with Crippen molar-refractivity contribution < 1.29 is 27.5 Å². The largest absolute Gasteiger partial charge is 0.473 e. The van der Waals surface area contributed by atoms with Crippen molar-refractivity contribution in [3.63, 3.8) is 0 Å². The van der Waals surface area contributed by atoms with Gasteiger partial charge in [0.2, 0.25) is 27.8 Å². The zero-order valence-electron chi connectivity index (χ0n) is 19.5. The maximum absolute atomic E-state index is 13.1. The van der Waals surface area contributed by atoms with Gasteiger partial charge in [0.25, 0.3) is 0 Å². The van der Waals surface area contributed by atoms with Gasteiger partial charge in [-0.15, -0.1) is 6.58 Å². The summed E-state index contributed by atoms with van der Waals surface area (Å²) in [6.07, 6.45) is 4.98. The van der Waals surface area contributed by atoms with Gasteiger partial charge in [-0.25, -0.2) is 13.4 Å². The number of Topliss-reactive ketones (excluding diaryl/α,β-unsaturated/α-hetero) is 1. The number of nitrogens with one attached hydrogen (secondary N) is 2. The number of nitrogens with zero attached hydrogens (tertiary/aromatic N) is 3. The second kappa shape index (κ2) is 9.47. The molecule has 0 radical (unpaired) electrons. The Morgan fingerprint density at radius 1 is 1.34 bits per heavy atom. The summed E-state index contributed by atoms with van der Waals surface area (Å²) in [7, 11) is -3.67. The van der Waals surface area contributed by atoms with Crippen molar-refractivity contribution in [2.45, 2.75) is 49.5 Å². The van der Waals surface area contributed by atoms with E-state index in [9.17, 15) is 18.0 Å². The highest BCUT2D eigenvalue weighted by Gasteiger charge is 2.60. The quantitative estimate of drug-likeness (QED) is 0.423. The number of ether oxygens (including phenoxy) is 2. The molecule has 11 nitrogen and oxygen atoms in total. The molecule has 12 heteroatoms. The summed E-state index contributed by atoms with van der Waals surface area (Å²) in [4.78, 5) is 36.9. The zero-order valence-corrected chi connectivity index (χ0v) is 20.3. The number of morpholine rings is 1. The second-order valence-electron chi connectivity index (χ2n) is 9.75. The maximum Gasteiger partial charge on any atom is 0.240 e. The van der Waals surface area contributed by atoms with Crippen LogP contribution in [-0.2, 0) is 24.3 Å². The van der Waals surface area contributed by atoms with Gasteiger partial charge in [-0.2, -0.15) is 4.98 Å². The van der Waals surface area contributed by atoms with Crippen LogP contribution in [0.2, 0.25) is 0 Å². The van der Waals surface area contributed by atoms with Crippen molar-refractivity contribution in [3.8, 4) is 5.88 Å². The number of sulfonamides is 1. The standard InChI is InChI=1S/C23H31N5O6S/c1-2-15-12-23(15,21(30)27-35(31,32)17-3-4-17)13-19(29)18-11-16(14-25-18)34-20-5-6-24-22(26-20)28-7-9-33-10-8-28/h2,5-6,15-18,25H,1,3-4,7-14H2,(H,27,30)/t15?,16-,18+,23?/m1/s1. The predicted molar refractivity (Wildman–Crippen MR) is 126 cm³/mol. The molecule has 2 saturated carbocycles. The number of carbonyl (C=O) groups is 2. The Balaban J connectivity index is 1.17. The average molecular weight is 506 g/mol. The van der Waals surface area contributed by atoms with Crippen LogP contribution in [0.3, 0.4) is 0 Å². The number of carbonyl (C=O) groups excluding carboxylic acids is 2. The molecular formula is C23H31N5O6S. The van der Waals surface area contributed by atoms with Crippen LogP contribution < -0.4 is 19.7 Å². The molecule has 1 aromatic heterocycles. The van der Waals surface area contributed by atoms with Crippen molar-refractivity contribution in [1.29, 1.82) is 0 Å². The fraction of sp³-hybridized carbons (Fsp3) is 0.652. The third-order valence-electron chi connectivity index (χ3n) is 7.24. The number of amides is 1. The molecule has 2 saturated heterocycles. The Bertz CT molecular complexity index is 1100. The second-order valence-corrected chi connectivity index (χ2v) is 11.7. The van der Waals surface area contributed by atoms with E-state index in [2.05, 4.69) is 26.6 Å². The Kier molecular flexibility index (Phi) is 6.53. The minimum Gasteiger partial charge on any atom is -0.473 e. The molecule has 0 bridgehead atoms. The molecule has 5 rings (SSSR count). The van der Waals surface area contributed by atoms with Crippen molar-refractivity contribution in [2.75, 3.05) is 37.7 Å². The van der Waals surface area contributed by atoms with E-state index in [-0.39, 0.29) is 24.2 Å². The molecule has 3 heterocycles. The SMILES string of the molecule is C=CC1CC1(CC(=O)[C@@H]1C[C@@H](Oc2ccnc(N3CCOCC3)n2)CN1)C(=O)NS(=O)(=O)C1CC1. The molecule has 2 aliphatic carbocycles. The summed E-state index contributed by atoms with van der Waals surface area (Å²) < 4.78 is 38.1. The summed E-state index contributed by atoms with van der Waals surface area (Å²) >= 11 is 0. The first-order valence-corrected chi connectivity index (χ1v) is 13.6. The van der Waals surface area contributed by atoms with E-state index in [1.54, 1.807) is 18.3 Å². The molecule has 0 aromatic carbocycles. The van der Waals surface area contributed by atoms with Gasteiger partial charge < -0.3 is 19.7 Å². The molecule has 2 aliphatic heterocycles. The molecular weight excluding hydrogens is 474 g/mol. The molecule has 2 N–H and O–H groups in total. The van der Waals surface area contributed by atoms with Gasteiger partial charge in [0.1, 0.15) is 6.10 Å². The van der Waals surface area contributed by atoms with Gasteiger partial charge in [-0.1, -0.05) is 6.08 Å². The van der Waals surface area contributed by atoms with Crippen molar-refractivity contribution >= 4 is 27.7 Å². The first-order chi connectivity index (χ1) is 16.8. The maximum atomic E-state index is 13.1. The number of allylic oxidation sites excluding steroid dienone is 1. The molecule has 4 aliphatic rings. The lowest BCUT2D eigenvalue weighted by atomic mass is 9.92. The third-order valence-corrected chi connectivity index (χ3v) is 9.06. The molecule has 4 fully saturated rings. The number of hydrogen-bond donors (Lipinski definition) is 2. The van der Waals surface area contributed by atoms with Gasteiger partial charge >= 0.3 is 0 Å². The minimum atomic E-state index is -3.67. The van der Waals surface area contributed by atoms with Gasteiger partial charge in [0.05, 0.1) is 29.9 Å². The van der Waals surface area contributed by atoms with E-state index in [1.165, 1.54) is 0 Å². The molecule has 1 aromatic rings. The fourth-order valence-corrected chi connectivity index (χ4v) is 6.22. The van der Waals surface area contributed by atoms with Crippen molar-refractivity contribution in [1.82, 2.24) is 20.0 Å². The Hall–Kier alpha value is -2.57. The van der Waals surface area contributed by atoms with Crippen LogP contribution >= 0.6 is 0 Å². The van der Waals surface area contributed by atoms with Crippen LogP contribution in [0.1, 0.15) is 32.1 Å². The lowest BCUT2D eigenvalue weighted by molar-refractivity contribution is -0.130. The van der Waals surface area contributed by atoms with E-state index in [0.717, 1.165) is 0 Å². The highest BCUT2D eigenvalue weighted by molar-refractivity contribution is 7.90. The van der Waals surface area contributed by atoms with Crippen LogP contribution in [-0.4, -0.2) is 80.3 Å². The number of aromatic nitrogens is 2. The van der Waals surface area contributed by atoms with Crippen LogP contribution in [0, 0.1) is 11.3 Å². The number of rotatable bonds is 10. The lowest BCUT2D eigenvalue weighted by Crippen LogP contribution is -2.42. The fourth-order valence-electron chi connectivity index (χ4n) is 4.84. The normalized spacial score (nSPS) is 30.5. The highest BCUT2D eigenvalue weighted by Crippen LogP contribution is 2.56. The smallest absolute Gasteiger partial charge is 0.240 e. The van der Waals surface area contributed by atoms with E-state index in [0.29, 0.717) is 70.4 Å². The highest BCUT2D eigenvalue weighted by atomic mass is 32.2. The minimum absolute atomic E-state index is 0.0330. The molecule has 190 valence electrons. The summed E-state index contributed by atoms with van der Waals surface area (Å²) in [5.74, 6) is 0.0919. The molecule has 1 amide bonds. The summed E-state index contributed by atoms with van der Waals surface area (Å²) in [5.41, 5.74) is -1.04. The Morgan fingerprint density at radius 3 is 2.80 bits per heavy atom. The average Bonchev–Trinajstić information content (AvgIpc) is 3.77. The molecule has 35 heavy (non-hydrogen) atoms. The van der Waals surface area contributed by atoms with Crippen LogP contribution in [0.25, 0.3) is 0 Å². The topological polar surface area (TPSA) is 140 Å². The van der Waals surface area contributed by atoms with E-state index in [1.807, 2.05) is 4.90 Å². The Labute approximate surface area is 204 Å². The first kappa shape index (κ1) is 24.1. The molecule has 2 unspecified atom stereocenters. The van der Waals surface area contributed by atoms with E-state index < -0.39 is 32.6 Å². The first-order valence-electron chi connectivity index (χ1n) is 12.1. The molecule has 0 spiro atoms. The lowest BCUT2D eigenvalue weighted by Gasteiger charge is -2.26.